The molecule has 2 heterocycles. The Balaban J connectivity index is 1.90. The van der Waals surface area contributed by atoms with Crippen LogP contribution in [0.2, 0.25) is 0 Å². The van der Waals surface area contributed by atoms with Crippen LogP contribution in [0.5, 0.6) is 0 Å². The van der Waals surface area contributed by atoms with Crippen molar-refractivity contribution < 1.29 is 13.2 Å². The summed E-state index contributed by atoms with van der Waals surface area (Å²) in [4.78, 5) is 0. The van der Waals surface area contributed by atoms with E-state index < -0.39 is 9.84 Å². The molecule has 0 aromatic heterocycles. The summed E-state index contributed by atoms with van der Waals surface area (Å²) >= 11 is 0. The topological polar surface area (TPSA) is 55.4 Å². The summed E-state index contributed by atoms with van der Waals surface area (Å²) in [6, 6.07) is 0.0968. The molecule has 2 rings (SSSR count). The minimum Gasteiger partial charge on any atom is -0.378 e. The van der Waals surface area contributed by atoms with Gasteiger partial charge in [0.05, 0.1) is 17.1 Å². The molecule has 3 unspecified atom stereocenters. The van der Waals surface area contributed by atoms with Crippen LogP contribution in [0.25, 0.3) is 0 Å². The van der Waals surface area contributed by atoms with Gasteiger partial charge in [0.25, 0.3) is 0 Å². The Morgan fingerprint density at radius 1 is 1.28 bits per heavy atom. The van der Waals surface area contributed by atoms with Crippen LogP contribution in [-0.2, 0) is 14.6 Å². The number of rotatable bonds is 5. The first kappa shape index (κ1) is 14.3. The maximum Gasteiger partial charge on any atom is 0.154 e. The van der Waals surface area contributed by atoms with E-state index in [0.29, 0.717) is 11.9 Å². The SMILES string of the molecule is CNC(CCC1CCCO1)C1CCCCS1(=O)=O. The summed E-state index contributed by atoms with van der Waals surface area (Å²) in [6.45, 7) is 0.872. The zero-order valence-corrected chi connectivity index (χ0v) is 12.0. The average Bonchev–Trinajstić information content (AvgIpc) is 2.84. The second kappa shape index (κ2) is 6.35. The third kappa shape index (κ3) is 3.45. The van der Waals surface area contributed by atoms with Gasteiger partial charge in [-0.15, -0.1) is 0 Å². The quantitative estimate of drug-likeness (QED) is 0.826. The minimum absolute atomic E-state index is 0.0968. The van der Waals surface area contributed by atoms with Crippen LogP contribution in [-0.4, -0.2) is 45.2 Å². The molecule has 5 heteroatoms. The molecule has 18 heavy (non-hydrogen) atoms. The fraction of sp³-hybridized carbons (Fsp3) is 1.00. The van der Waals surface area contributed by atoms with Crippen molar-refractivity contribution >= 4 is 9.84 Å². The molecule has 4 nitrogen and oxygen atoms in total. The van der Waals surface area contributed by atoms with Gasteiger partial charge in [0.2, 0.25) is 0 Å². The van der Waals surface area contributed by atoms with Crippen molar-refractivity contribution in [1.29, 1.82) is 0 Å². The highest BCUT2D eigenvalue weighted by molar-refractivity contribution is 7.92. The molecule has 0 bridgehead atoms. The molecule has 106 valence electrons. The second-order valence-electron chi connectivity index (χ2n) is 5.51. The molecule has 0 amide bonds. The van der Waals surface area contributed by atoms with Crippen molar-refractivity contribution in [3.63, 3.8) is 0 Å². The lowest BCUT2D eigenvalue weighted by Gasteiger charge is -2.30. The summed E-state index contributed by atoms with van der Waals surface area (Å²) in [7, 11) is -1.00. The van der Waals surface area contributed by atoms with E-state index in [0.717, 1.165) is 51.6 Å². The predicted molar refractivity (Wildman–Crippen MR) is 72.5 cm³/mol. The molecule has 2 aliphatic heterocycles. The van der Waals surface area contributed by atoms with Crippen molar-refractivity contribution in [1.82, 2.24) is 5.32 Å². The fourth-order valence-corrected chi connectivity index (χ4v) is 5.39. The van der Waals surface area contributed by atoms with Crippen molar-refractivity contribution in [2.24, 2.45) is 0 Å². The van der Waals surface area contributed by atoms with E-state index in [1.54, 1.807) is 0 Å². The van der Waals surface area contributed by atoms with Crippen LogP contribution in [0.1, 0.15) is 44.9 Å². The van der Waals surface area contributed by atoms with E-state index in [1.165, 1.54) is 0 Å². The van der Waals surface area contributed by atoms with Gasteiger partial charge in [0, 0.05) is 12.6 Å². The number of sulfone groups is 1. The Kier molecular flexibility index (Phi) is 5.04. The Morgan fingerprint density at radius 2 is 2.11 bits per heavy atom. The van der Waals surface area contributed by atoms with Crippen LogP contribution < -0.4 is 5.32 Å². The van der Waals surface area contributed by atoms with Gasteiger partial charge in [0.15, 0.2) is 9.84 Å². The summed E-state index contributed by atoms with van der Waals surface area (Å²) in [5, 5.41) is 3.03. The van der Waals surface area contributed by atoms with Crippen molar-refractivity contribution in [2.45, 2.75) is 62.3 Å². The zero-order valence-electron chi connectivity index (χ0n) is 11.2. The van der Waals surface area contributed by atoms with Crippen LogP contribution >= 0.6 is 0 Å². The predicted octanol–water partition coefficient (Wildman–Crippen LogP) is 1.50. The highest BCUT2D eigenvalue weighted by Crippen LogP contribution is 2.26. The van der Waals surface area contributed by atoms with Crippen LogP contribution in [0.15, 0.2) is 0 Å². The van der Waals surface area contributed by atoms with Gasteiger partial charge in [-0.2, -0.15) is 0 Å². The molecule has 2 saturated heterocycles. The molecule has 0 aromatic carbocycles. The van der Waals surface area contributed by atoms with Crippen molar-refractivity contribution in [3.8, 4) is 0 Å². The summed E-state index contributed by atoms with van der Waals surface area (Å²) in [6.07, 6.45) is 7.22. The first-order valence-corrected chi connectivity index (χ1v) is 8.85. The molecule has 3 atom stereocenters. The van der Waals surface area contributed by atoms with Crippen molar-refractivity contribution in [2.75, 3.05) is 19.4 Å². The lowest BCUT2D eigenvalue weighted by atomic mass is 10.00. The third-order valence-corrected chi connectivity index (χ3v) is 6.62. The molecule has 2 aliphatic rings. The normalized spacial score (nSPS) is 33.4. The van der Waals surface area contributed by atoms with Gasteiger partial charge in [-0.1, -0.05) is 6.42 Å². The van der Waals surface area contributed by atoms with Gasteiger partial charge in [-0.25, -0.2) is 8.42 Å². The van der Waals surface area contributed by atoms with Gasteiger partial charge < -0.3 is 10.1 Å². The zero-order chi connectivity index (χ0) is 13.0. The first-order chi connectivity index (χ1) is 8.63. The lowest BCUT2D eigenvalue weighted by molar-refractivity contribution is 0.0995. The average molecular weight is 275 g/mol. The van der Waals surface area contributed by atoms with E-state index in [-0.39, 0.29) is 11.3 Å². The molecule has 0 radical (unpaired) electrons. The molecular formula is C13H25NO3S. The second-order valence-corrected chi connectivity index (χ2v) is 7.85. The lowest BCUT2D eigenvalue weighted by Crippen LogP contribution is -2.45. The van der Waals surface area contributed by atoms with E-state index in [4.69, 9.17) is 4.74 Å². The monoisotopic (exact) mass is 275 g/mol. The van der Waals surface area contributed by atoms with E-state index in [2.05, 4.69) is 5.32 Å². The Bertz CT molecular complexity index is 349. The molecule has 1 N–H and O–H groups in total. The van der Waals surface area contributed by atoms with Crippen LogP contribution in [0.4, 0.5) is 0 Å². The smallest absolute Gasteiger partial charge is 0.154 e. The van der Waals surface area contributed by atoms with Crippen molar-refractivity contribution in [3.05, 3.63) is 0 Å². The highest BCUT2D eigenvalue weighted by Gasteiger charge is 2.35. The van der Waals surface area contributed by atoms with Gasteiger partial charge in [-0.05, 0) is 45.6 Å². The first-order valence-electron chi connectivity index (χ1n) is 7.14. The van der Waals surface area contributed by atoms with Gasteiger partial charge in [0.1, 0.15) is 0 Å². The van der Waals surface area contributed by atoms with Crippen LogP contribution in [0, 0.1) is 0 Å². The standard InChI is InChI=1S/C13H25NO3S/c1-14-12(8-7-11-5-4-9-17-11)13-6-2-3-10-18(13,15)16/h11-14H,2-10H2,1H3. The number of nitrogens with one attached hydrogen (secondary N) is 1. The molecular weight excluding hydrogens is 250 g/mol. The Morgan fingerprint density at radius 3 is 2.72 bits per heavy atom. The molecule has 0 spiro atoms. The molecule has 0 saturated carbocycles. The van der Waals surface area contributed by atoms with Gasteiger partial charge >= 0.3 is 0 Å². The Hall–Kier alpha value is -0.130. The third-order valence-electron chi connectivity index (χ3n) is 4.27. The summed E-state index contributed by atoms with van der Waals surface area (Å²) < 4.78 is 29.8. The number of hydrogen-bond donors (Lipinski definition) is 1. The maximum atomic E-state index is 12.1. The van der Waals surface area contributed by atoms with E-state index in [9.17, 15) is 8.42 Å². The minimum atomic E-state index is -2.88. The Labute approximate surface area is 110 Å². The summed E-state index contributed by atoms with van der Waals surface area (Å²) in [5.41, 5.74) is 0. The largest absolute Gasteiger partial charge is 0.378 e. The molecule has 0 aliphatic carbocycles. The van der Waals surface area contributed by atoms with E-state index >= 15 is 0 Å². The van der Waals surface area contributed by atoms with Gasteiger partial charge in [-0.3, -0.25) is 0 Å². The summed E-state index contributed by atoms with van der Waals surface area (Å²) in [5.74, 6) is 0.371. The fourth-order valence-electron chi connectivity index (χ4n) is 3.18. The number of hydrogen-bond acceptors (Lipinski definition) is 4. The molecule has 2 fully saturated rings. The maximum absolute atomic E-state index is 12.1. The van der Waals surface area contributed by atoms with E-state index in [1.807, 2.05) is 7.05 Å². The van der Waals surface area contributed by atoms with Crippen LogP contribution in [0.3, 0.4) is 0 Å². The molecule has 0 aromatic rings. The number of ether oxygens (including phenoxy) is 1. The highest BCUT2D eigenvalue weighted by atomic mass is 32.2.